The first-order valence-corrected chi connectivity index (χ1v) is 9.39. The van der Waals surface area contributed by atoms with Crippen LogP contribution in [0.3, 0.4) is 0 Å². The molecule has 1 aliphatic rings. The van der Waals surface area contributed by atoms with Crippen LogP contribution in [0.2, 0.25) is 0 Å². The van der Waals surface area contributed by atoms with Crippen LogP contribution >= 0.6 is 0 Å². The number of hydrogen-bond donors (Lipinski definition) is 2. The third-order valence-electron chi connectivity index (χ3n) is 3.50. The smallest absolute Gasteiger partial charge is 0.0521 e. The lowest BCUT2D eigenvalue weighted by molar-refractivity contribution is 0.139. The SMILES string of the molecule is CC.CC.CC(C)c1cn[nH]c1.CC1CN(C(C)C)C[C@H](C)N1. The number of hydrogen-bond acceptors (Lipinski definition) is 3. The number of H-pyrrole nitrogens is 1. The van der Waals surface area contributed by atoms with Gasteiger partial charge in [-0.3, -0.25) is 10.00 Å². The van der Waals surface area contributed by atoms with Crippen molar-refractivity contribution in [2.24, 2.45) is 0 Å². The number of rotatable bonds is 2. The fourth-order valence-corrected chi connectivity index (χ4v) is 2.37. The summed E-state index contributed by atoms with van der Waals surface area (Å²) in [4.78, 5) is 2.53. The fourth-order valence-electron chi connectivity index (χ4n) is 2.37. The van der Waals surface area contributed by atoms with Crippen LogP contribution in [0, 0.1) is 0 Å². The maximum atomic E-state index is 3.82. The lowest BCUT2D eigenvalue weighted by Gasteiger charge is -2.38. The molecule has 2 heterocycles. The van der Waals surface area contributed by atoms with Crippen molar-refractivity contribution in [1.29, 1.82) is 0 Å². The number of nitrogens with zero attached hydrogens (tertiary/aromatic N) is 2. The molecule has 2 rings (SSSR count). The molecule has 0 aliphatic carbocycles. The molecule has 4 heteroatoms. The summed E-state index contributed by atoms with van der Waals surface area (Å²) in [6, 6.07) is 2.00. The van der Waals surface area contributed by atoms with Gasteiger partial charge >= 0.3 is 0 Å². The molecular weight excluding hydrogens is 284 g/mol. The zero-order chi connectivity index (χ0) is 18.4. The minimum Gasteiger partial charge on any atom is -0.309 e. The Bertz CT molecular complexity index is 323. The van der Waals surface area contributed by atoms with Crippen LogP contribution in [0.5, 0.6) is 0 Å². The minimum absolute atomic E-state index is 0.591. The Hall–Kier alpha value is -0.870. The number of aromatic amines is 1. The Labute approximate surface area is 145 Å². The average molecular weight is 327 g/mol. The van der Waals surface area contributed by atoms with E-state index in [9.17, 15) is 0 Å². The van der Waals surface area contributed by atoms with E-state index in [1.54, 1.807) is 0 Å². The summed E-state index contributed by atoms with van der Waals surface area (Å²) in [5.74, 6) is 0.591. The molecule has 138 valence electrons. The van der Waals surface area contributed by atoms with Crippen LogP contribution in [-0.4, -0.2) is 46.3 Å². The highest BCUT2D eigenvalue weighted by Gasteiger charge is 2.21. The van der Waals surface area contributed by atoms with Gasteiger partial charge in [0.15, 0.2) is 0 Å². The molecule has 0 amide bonds. The highest BCUT2D eigenvalue weighted by Crippen LogP contribution is 2.09. The summed E-state index contributed by atoms with van der Waals surface area (Å²) in [5, 5.41) is 10.1. The maximum absolute atomic E-state index is 3.82. The summed E-state index contributed by atoms with van der Waals surface area (Å²) in [6.07, 6.45) is 3.77. The monoisotopic (exact) mass is 326 g/mol. The molecule has 0 aromatic carbocycles. The van der Waals surface area contributed by atoms with Crippen LogP contribution in [0.25, 0.3) is 0 Å². The number of aromatic nitrogens is 2. The molecule has 23 heavy (non-hydrogen) atoms. The van der Waals surface area contributed by atoms with Gasteiger partial charge in [-0.25, -0.2) is 0 Å². The normalized spacial score (nSPS) is 20.7. The largest absolute Gasteiger partial charge is 0.309 e. The number of nitrogens with one attached hydrogen (secondary N) is 2. The van der Waals surface area contributed by atoms with E-state index < -0.39 is 0 Å². The highest BCUT2D eigenvalue weighted by atomic mass is 15.2. The van der Waals surface area contributed by atoms with E-state index in [1.165, 1.54) is 18.7 Å². The topological polar surface area (TPSA) is 44.0 Å². The van der Waals surface area contributed by atoms with Gasteiger partial charge in [-0.1, -0.05) is 41.5 Å². The van der Waals surface area contributed by atoms with Gasteiger partial charge in [0.25, 0.3) is 0 Å². The third-order valence-corrected chi connectivity index (χ3v) is 3.50. The first kappa shape index (κ1) is 24.4. The molecule has 0 radical (unpaired) electrons. The van der Waals surface area contributed by atoms with Crippen LogP contribution in [-0.2, 0) is 0 Å². The minimum atomic E-state index is 0.591. The molecule has 1 fully saturated rings. The molecule has 0 saturated carbocycles. The molecular formula is C19H42N4. The van der Waals surface area contributed by atoms with Crippen molar-refractivity contribution in [2.75, 3.05) is 13.1 Å². The predicted octanol–water partition coefficient (Wildman–Crippen LogP) is 4.66. The van der Waals surface area contributed by atoms with Gasteiger partial charge in [-0.05, 0) is 39.2 Å². The molecule has 1 aromatic rings. The quantitative estimate of drug-likeness (QED) is 0.830. The van der Waals surface area contributed by atoms with Crippen molar-refractivity contribution >= 4 is 0 Å². The Morgan fingerprint density at radius 2 is 1.48 bits per heavy atom. The van der Waals surface area contributed by atoms with Crippen molar-refractivity contribution < 1.29 is 0 Å². The van der Waals surface area contributed by atoms with Crippen molar-refractivity contribution in [1.82, 2.24) is 20.4 Å². The molecule has 1 saturated heterocycles. The predicted molar refractivity (Wildman–Crippen MR) is 104 cm³/mol. The van der Waals surface area contributed by atoms with Gasteiger partial charge < -0.3 is 5.32 Å². The van der Waals surface area contributed by atoms with E-state index in [0.29, 0.717) is 24.0 Å². The van der Waals surface area contributed by atoms with Crippen molar-refractivity contribution in [3.05, 3.63) is 18.0 Å². The van der Waals surface area contributed by atoms with E-state index in [0.717, 1.165) is 0 Å². The molecule has 4 nitrogen and oxygen atoms in total. The lowest BCUT2D eigenvalue weighted by atomic mass is 10.1. The Kier molecular flexibility index (Phi) is 15.6. The Morgan fingerprint density at radius 3 is 1.74 bits per heavy atom. The van der Waals surface area contributed by atoms with Crippen LogP contribution in [0.15, 0.2) is 12.4 Å². The van der Waals surface area contributed by atoms with Gasteiger partial charge in [0.05, 0.1) is 6.20 Å². The first-order chi connectivity index (χ1) is 10.9. The molecule has 2 atom stereocenters. The van der Waals surface area contributed by atoms with Gasteiger partial charge in [0.2, 0.25) is 0 Å². The van der Waals surface area contributed by atoms with Gasteiger partial charge in [-0.2, -0.15) is 5.10 Å². The molecule has 2 N–H and O–H groups in total. The molecule has 1 aliphatic heterocycles. The lowest BCUT2D eigenvalue weighted by Crippen LogP contribution is -2.55. The summed E-state index contributed by atoms with van der Waals surface area (Å²) in [7, 11) is 0. The Balaban J connectivity index is 0. The third kappa shape index (κ3) is 11.3. The summed E-state index contributed by atoms with van der Waals surface area (Å²) >= 11 is 0. The van der Waals surface area contributed by atoms with Gasteiger partial charge in [0, 0.05) is 37.4 Å². The summed E-state index contributed by atoms with van der Waals surface area (Å²) in [6.45, 7) is 23.7. The van der Waals surface area contributed by atoms with Gasteiger partial charge in [0.1, 0.15) is 0 Å². The van der Waals surface area contributed by atoms with Crippen LogP contribution < -0.4 is 5.32 Å². The summed E-state index contributed by atoms with van der Waals surface area (Å²) < 4.78 is 0. The van der Waals surface area contributed by atoms with Gasteiger partial charge in [-0.15, -0.1) is 0 Å². The zero-order valence-corrected chi connectivity index (χ0v) is 17.3. The molecule has 1 aromatic heterocycles. The van der Waals surface area contributed by atoms with E-state index in [2.05, 4.69) is 62.0 Å². The maximum Gasteiger partial charge on any atom is 0.0521 e. The van der Waals surface area contributed by atoms with E-state index in [-0.39, 0.29) is 0 Å². The summed E-state index contributed by atoms with van der Waals surface area (Å²) in [5.41, 5.74) is 1.27. The fraction of sp³-hybridized carbons (Fsp3) is 0.842. The molecule has 1 unspecified atom stereocenters. The van der Waals surface area contributed by atoms with E-state index in [1.807, 2.05) is 40.1 Å². The van der Waals surface area contributed by atoms with E-state index >= 15 is 0 Å². The molecule has 0 spiro atoms. The standard InChI is InChI=1S/C9H20N2.C6H10N2.2C2H6/c1-7(2)11-5-8(3)10-9(4)6-11;1-5(2)6-3-7-8-4-6;2*1-2/h7-10H,5-6H2,1-4H3;3-5H,1-2H3,(H,7,8);2*1-2H3/t8-,9?;;;/m0.../s1. The molecule has 0 bridgehead atoms. The van der Waals surface area contributed by atoms with Crippen molar-refractivity contribution in [3.8, 4) is 0 Å². The first-order valence-electron chi connectivity index (χ1n) is 9.39. The second-order valence-electron chi connectivity index (χ2n) is 6.20. The second-order valence-corrected chi connectivity index (χ2v) is 6.20. The van der Waals surface area contributed by atoms with Crippen LogP contribution in [0.4, 0.5) is 0 Å². The second kappa shape index (κ2) is 14.7. The zero-order valence-electron chi connectivity index (χ0n) is 17.3. The van der Waals surface area contributed by atoms with Crippen molar-refractivity contribution in [3.63, 3.8) is 0 Å². The average Bonchev–Trinajstić information content (AvgIpc) is 3.05. The van der Waals surface area contributed by atoms with Crippen LogP contribution in [0.1, 0.15) is 80.7 Å². The highest BCUT2D eigenvalue weighted by molar-refractivity contribution is 5.06. The van der Waals surface area contributed by atoms with E-state index in [4.69, 9.17) is 0 Å². The number of piperazine rings is 1. The van der Waals surface area contributed by atoms with Crippen molar-refractivity contribution in [2.45, 2.75) is 93.3 Å². The Morgan fingerprint density at radius 1 is 1.00 bits per heavy atom.